The lowest BCUT2D eigenvalue weighted by atomic mass is 9.77. The Hall–Kier alpha value is -1.28. The van der Waals surface area contributed by atoms with Crippen LogP contribution in [0.15, 0.2) is 24.3 Å². The topological polar surface area (TPSA) is 19.0 Å². The Bertz CT molecular complexity index is 625. The van der Waals surface area contributed by atoms with Crippen LogP contribution in [0.3, 0.4) is 0 Å². The molecule has 1 fully saturated rings. The second-order valence-electron chi connectivity index (χ2n) is 6.84. The van der Waals surface area contributed by atoms with Crippen LogP contribution in [-0.2, 0) is 6.42 Å². The summed E-state index contributed by atoms with van der Waals surface area (Å²) in [6.07, 6.45) is 3.96. The van der Waals surface area contributed by atoms with E-state index < -0.39 is 0 Å². The minimum absolute atomic E-state index is 0.625. The van der Waals surface area contributed by atoms with Gasteiger partial charge in [0.15, 0.2) is 0 Å². The van der Waals surface area contributed by atoms with Gasteiger partial charge >= 0.3 is 0 Å². The van der Waals surface area contributed by atoms with E-state index in [9.17, 15) is 0 Å². The normalized spacial score (nSPS) is 26.8. The first-order valence-electron chi connectivity index (χ1n) is 8.09. The van der Waals surface area contributed by atoms with Crippen LogP contribution in [0.4, 0.5) is 0 Å². The van der Waals surface area contributed by atoms with Gasteiger partial charge < -0.3 is 4.98 Å². The minimum atomic E-state index is 0.625. The first-order valence-corrected chi connectivity index (χ1v) is 8.09. The van der Waals surface area contributed by atoms with Crippen LogP contribution in [0.25, 0.3) is 10.9 Å². The zero-order valence-electron chi connectivity index (χ0n) is 12.5. The monoisotopic (exact) mass is 268 g/mol. The van der Waals surface area contributed by atoms with E-state index >= 15 is 0 Å². The molecule has 3 heterocycles. The Morgan fingerprint density at radius 2 is 2.05 bits per heavy atom. The van der Waals surface area contributed by atoms with E-state index in [1.54, 1.807) is 5.56 Å². The summed E-state index contributed by atoms with van der Waals surface area (Å²) in [6.45, 7) is 7.31. The van der Waals surface area contributed by atoms with Crippen molar-refractivity contribution in [3.8, 4) is 0 Å². The fraction of sp³-hybridized carbons (Fsp3) is 0.556. The molecule has 0 unspecified atom stereocenters. The third kappa shape index (κ3) is 1.74. The van der Waals surface area contributed by atoms with Crippen LogP contribution in [0.2, 0.25) is 0 Å². The van der Waals surface area contributed by atoms with Gasteiger partial charge in [-0.05, 0) is 49.3 Å². The summed E-state index contributed by atoms with van der Waals surface area (Å²) in [5, 5.41) is 1.45. The van der Waals surface area contributed by atoms with Crippen LogP contribution < -0.4 is 0 Å². The third-order valence-corrected chi connectivity index (χ3v) is 5.43. The molecule has 0 amide bonds. The van der Waals surface area contributed by atoms with Crippen molar-refractivity contribution in [3.05, 3.63) is 35.5 Å². The number of hydrogen-bond acceptors (Lipinski definition) is 1. The average Bonchev–Trinajstić information content (AvgIpc) is 2.85. The van der Waals surface area contributed by atoms with Crippen LogP contribution >= 0.6 is 0 Å². The van der Waals surface area contributed by atoms with Gasteiger partial charge in [0.05, 0.1) is 6.04 Å². The molecule has 0 radical (unpaired) electrons. The van der Waals surface area contributed by atoms with E-state index in [1.807, 2.05) is 0 Å². The molecule has 2 atom stereocenters. The molecule has 4 rings (SSSR count). The highest BCUT2D eigenvalue weighted by molar-refractivity contribution is 5.85. The Morgan fingerprint density at radius 3 is 2.90 bits per heavy atom. The van der Waals surface area contributed by atoms with Crippen LogP contribution in [0, 0.1) is 11.8 Å². The summed E-state index contributed by atoms with van der Waals surface area (Å²) in [5.41, 5.74) is 4.44. The number of piperidine rings is 1. The number of nitrogens with zero attached hydrogens (tertiary/aromatic N) is 1. The van der Waals surface area contributed by atoms with Crippen LogP contribution in [0.1, 0.15) is 44.0 Å². The molecule has 2 aliphatic rings. The molecule has 2 aromatic rings. The van der Waals surface area contributed by atoms with Gasteiger partial charge in [-0.15, -0.1) is 0 Å². The third-order valence-electron chi connectivity index (χ3n) is 5.43. The Labute approximate surface area is 121 Å². The van der Waals surface area contributed by atoms with Crippen molar-refractivity contribution in [3.63, 3.8) is 0 Å². The average molecular weight is 268 g/mol. The molecule has 20 heavy (non-hydrogen) atoms. The molecule has 2 nitrogen and oxygen atoms in total. The molecule has 1 N–H and O–H groups in total. The van der Waals surface area contributed by atoms with Gasteiger partial charge in [-0.25, -0.2) is 0 Å². The zero-order valence-corrected chi connectivity index (χ0v) is 12.5. The predicted octanol–water partition coefficient (Wildman–Crippen LogP) is 4.13. The number of nitrogens with one attached hydrogen (secondary N) is 1. The Kier molecular flexibility index (Phi) is 2.88. The molecule has 106 valence electrons. The van der Waals surface area contributed by atoms with Crippen molar-refractivity contribution < 1.29 is 0 Å². The summed E-state index contributed by atoms with van der Waals surface area (Å²) in [5.74, 6) is 1.57. The number of hydrogen-bond donors (Lipinski definition) is 1. The second-order valence-corrected chi connectivity index (χ2v) is 6.84. The minimum Gasteiger partial charge on any atom is -0.357 e. The van der Waals surface area contributed by atoms with Crippen LogP contribution in [-0.4, -0.2) is 23.0 Å². The standard InChI is InChI=1S/C18H24N2/c1-12(2)13-7-5-10-20-11-9-15-14-6-3-4-8-16(14)19-17(15)18(13)20/h3-4,6,8,12-13,18-19H,5,7,9-11H2,1-2H3/t13-,18+/m0/s1. The van der Waals surface area contributed by atoms with Gasteiger partial charge in [0, 0.05) is 23.1 Å². The van der Waals surface area contributed by atoms with Gasteiger partial charge in [-0.3, -0.25) is 4.90 Å². The van der Waals surface area contributed by atoms with E-state index in [2.05, 4.69) is 48.0 Å². The number of H-pyrrole nitrogens is 1. The van der Waals surface area contributed by atoms with Crippen molar-refractivity contribution in [1.29, 1.82) is 0 Å². The quantitative estimate of drug-likeness (QED) is 0.824. The first kappa shape index (κ1) is 12.5. The zero-order chi connectivity index (χ0) is 13.7. The van der Waals surface area contributed by atoms with Gasteiger partial charge in [0.2, 0.25) is 0 Å². The summed E-state index contributed by atoms with van der Waals surface area (Å²) < 4.78 is 0. The lowest BCUT2D eigenvalue weighted by Crippen LogP contribution is -2.44. The number of aromatic nitrogens is 1. The molecule has 0 bridgehead atoms. The van der Waals surface area contributed by atoms with E-state index in [0.29, 0.717) is 6.04 Å². The molecular weight excluding hydrogens is 244 g/mol. The van der Waals surface area contributed by atoms with Crippen molar-refractivity contribution in [1.82, 2.24) is 9.88 Å². The van der Waals surface area contributed by atoms with Crippen molar-refractivity contribution in [2.24, 2.45) is 11.8 Å². The maximum absolute atomic E-state index is 3.76. The molecule has 0 saturated carbocycles. The molecular formula is C18H24N2. The molecule has 0 spiro atoms. The Morgan fingerprint density at radius 1 is 1.20 bits per heavy atom. The summed E-state index contributed by atoms with van der Waals surface area (Å²) in [7, 11) is 0. The van der Waals surface area contributed by atoms with E-state index in [4.69, 9.17) is 0 Å². The lowest BCUT2D eigenvalue weighted by molar-refractivity contribution is 0.0571. The van der Waals surface area contributed by atoms with Crippen molar-refractivity contribution >= 4 is 10.9 Å². The Balaban J connectivity index is 1.86. The van der Waals surface area contributed by atoms with Gasteiger partial charge in [0.1, 0.15) is 0 Å². The highest BCUT2D eigenvalue weighted by atomic mass is 15.2. The fourth-order valence-electron chi connectivity index (χ4n) is 4.44. The smallest absolute Gasteiger partial charge is 0.0532 e. The number of benzene rings is 1. The number of aromatic amines is 1. The molecule has 2 aliphatic heterocycles. The number of fused-ring (bicyclic) bond motifs is 5. The summed E-state index contributed by atoms with van der Waals surface area (Å²) in [4.78, 5) is 6.49. The second kappa shape index (κ2) is 4.63. The van der Waals surface area contributed by atoms with Gasteiger partial charge in [-0.2, -0.15) is 0 Å². The van der Waals surface area contributed by atoms with Crippen LogP contribution in [0.5, 0.6) is 0 Å². The molecule has 1 aromatic heterocycles. The maximum atomic E-state index is 3.76. The SMILES string of the molecule is CC(C)[C@@H]1CCCN2CCc3c([nH]c4ccccc34)[C@@H]12. The lowest BCUT2D eigenvalue weighted by Gasteiger charge is -2.45. The summed E-state index contributed by atoms with van der Waals surface area (Å²) >= 11 is 0. The van der Waals surface area contributed by atoms with Gasteiger partial charge in [0.25, 0.3) is 0 Å². The first-order chi connectivity index (χ1) is 9.75. The molecule has 1 aromatic carbocycles. The number of para-hydroxylation sites is 1. The van der Waals surface area contributed by atoms with Crippen molar-refractivity contribution in [2.45, 2.75) is 39.2 Å². The highest BCUT2D eigenvalue weighted by Gasteiger charge is 2.39. The van der Waals surface area contributed by atoms with Gasteiger partial charge in [-0.1, -0.05) is 32.0 Å². The number of rotatable bonds is 1. The predicted molar refractivity (Wildman–Crippen MR) is 83.9 cm³/mol. The highest BCUT2D eigenvalue weighted by Crippen LogP contribution is 2.44. The van der Waals surface area contributed by atoms with E-state index in [-0.39, 0.29) is 0 Å². The summed E-state index contributed by atoms with van der Waals surface area (Å²) in [6, 6.07) is 9.45. The molecule has 1 saturated heterocycles. The molecule has 0 aliphatic carbocycles. The molecule has 2 heteroatoms. The largest absolute Gasteiger partial charge is 0.357 e. The van der Waals surface area contributed by atoms with Crippen molar-refractivity contribution in [2.75, 3.05) is 13.1 Å². The fourth-order valence-corrected chi connectivity index (χ4v) is 4.44. The van der Waals surface area contributed by atoms with E-state index in [1.165, 1.54) is 48.9 Å². The van der Waals surface area contributed by atoms with E-state index in [0.717, 1.165) is 11.8 Å². The maximum Gasteiger partial charge on any atom is 0.0532 e.